The van der Waals surface area contributed by atoms with Gasteiger partial charge in [0.1, 0.15) is 17.4 Å². The van der Waals surface area contributed by atoms with Gasteiger partial charge in [-0.1, -0.05) is 12.1 Å². The van der Waals surface area contributed by atoms with Gasteiger partial charge in [0.15, 0.2) is 0 Å². The lowest BCUT2D eigenvalue weighted by atomic mass is 10.2. The van der Waals surface area contributed by atoms with E-state index in [-0.39, 0.29) is 0 Å². The summed E-state index contributed by atoms with van der Waals surface area (Å²) >= 11 is 1.66. The minimum Gasteiger partial charge on any atom is -0.497 e. The first kappa shape index (κ1) is 12.9. The number of nitrogens with zero attached hydrogens (tertiary/aromatic N) is 2. The van der Waals surface area contributed by atoms with Gasteiger partial charge in [-0.15, -0.1) is 11.3 Å². The van der Waals surface area contributed by atoms with Crippen LogP contribution in [0.5, 0.6) is 5.75 Å². The fourth-order valence-electron chi connectivity index (χ4n) is 2.03. The van der Waals surface area contributed by atoms with Crippen molar-refractivity contribution in [2.45, 2.75) is 13.5 Å². The predicted octanol–water partition coefficient (Wildman–Crippen LogP) is 3.62. The first-order chi connectivity index (χ1) is 9.76. The Balaban J connectivity index is 1.80. The SMILES string of the molecule is COc1ccc(CNc2nc(C)nc3ccsc23)cc1. The number of nitrogens with one attached hydrogen (secondary N) is 1. The molecule has 1 N–H and O–H groups in total. The number of thiophene rings is 1. The minimum absolute atomic E-state index is 0.730. The van der Waals surface area contributed by atoms with E-state index in [9.17, 15) is 0 Å². The van der Waals surface area contributed by atoms with E-state index in [0.717, 1.165) is 34.2 Å². The van der Waals surface area contributed by atoms with Crippen molar-refractivity contribution in [2.24, 2.45) is 0 Å². The zero-order valence-electron chi connectivity index (χ0n) is 11.4. The zero-order valence-corrected chi connectivity index (χ0v) is 12.2. The van der Waals surface area contributed by atoms with Gasteiger partial charge in [-0.3, -0.25) is 0 Å². The van der Waals surface area contributed by atoms with E-state index in [1.807, 2.05) is 42.6 Å². The van der Waals surface area contributed by atoms with Gasteiger partial charge in [-0.2, -0.15) is 0 Å². The molecule has 0 saturated heterocycles. The fourth-order valence-corrected chi connectivity index (χ4v) is 2.83. The number of methoxy groups -OCH3 is 1. The standard InChI is InChI=1S/C15H15N3OS/c1-10-17-13-7-8-20-14(13)15(18-10)16-9-11-3-5-12(19-2)6-4-11/h3-8H,9H2,1-2H3,(H,16,17,18). The summed E-state index contributed by atoms with van der Waals surface area (Å²) in [7, 11) is 1.67. The second-order valence-corrected chi connectivity index (χ2v) is 5.37. The molecule has 0 radical (unpaired) electrons. The van der Waals surface area contributed by atoms with Crippen molar-refractivity contribution in [3.8, 4) is 5.75 Å². The summed E-state index contributed by atoms with van der Waals surface area (Å²) in [4.78, 5) is 8.90. The predicted molar refractivity (Wildman–Crippen MR) is 82.5 cm³/mol. The van der Waals surface area contributed by atoms with Crippen molar-refractivity contribution in [2.75, 3.05) is 12.4 Å². The molecular weight excluding hydrogens is 270 g/mol. The summed E-state index contributed by atoms with van der Waals surface area (Å²) in [6, 6.07) is 10.0. The van der Waals surface area contributed by atoms with Crippen LogP contribution in [0.4, 0.5) is 5.82 Å². The number of fused-ring (bicyclic) bond motifs is 1. The Morgan fingerprint density at radius 1 is 1.15 bits per heavy atom. The molecule has 102 valence electrons. The number of benzene rings is 1. The minimum atomic E-state index is 0.730. The van der Waals surface area contributed by atoms with Crippen LogP contribution < -0.4 is 10.1 Å². The van der Waals surface area contributed by atoms with Crippen LogP contribution in [0.2, 0.25) is 0 Å². The lowest BCUT2D eigenvalue weighted by Crippen LogP contribution is -2.03. The van der Waals surface area contributed by atoms with Crippen LogP contribution in [0.1, 0.15) is 11.4 Å². The quantitative estimate of drug-likeness (QED) is 0.795. The largest absolute Gasteiger partial charge is 0.497 e. The average Bonchev–Trinajstić information content (AvgIpc) is 2.93. The van der Waals surface area contributed by atoms with Crippen molar-refractivity contribution in [3.63, 3.8) is 0 Å². The second-order valence-electron chi connectivity index (χ2n) is 4.46. The Bertz CT molecular complexity index is 722. The van der Waals surface area contributed by atoms with Crippen LogP contribution >= 0.6 is 11.3 Å². The number of rotatable bonds is 4. The summed E-state index contributed by atoms with van der Waals surface area (Å²) in [6.45, 7) is 2.64. The summed E-state index contributed by atoms with van der Waals surface area (Å²) in [5.41, 5.74) is 2.19. The van der Waals surface area contributed by atoms with Crippen molar-refractivity contribution in [3.05, 3.63) is 47.1 Å². The summed E-state index contributed by atoms with van der Waals surface area (Å²) in [6.07, 6.45) is 0. The van der Waals surface area contributed by atoms with E-state index >= 15 is 0 Å². The molecule has 0 unspecified atom stereocenters. The van der Waals surface area contributed by atoms with E-state index in [0.29, 0.717) is 0 Å². The molecule has 0 amide bonds. The van der Waals surface area contributed by atoms with Gasteiger partial charge in [0, 0.05) is 6.54 Å². The van der Waals surface area contributed by atoms with Crippen LogP contribution in [0.3, 0.4) is 0 Å². The Labute approximate surface area is 121 Å². The molecule has 1 aromatic carbocycles. The highest BCUT2D eigenvalue weighted by molar-refractivity contribution is 7.17. The van der Waals surface area contributed by atoms with Crippen LogP contribution in [-0.2, 0) is 6.54 Å². The number of ether oxygens (including phenoxy) is 1. The number of aromatic nitrogens is 2. The molecule has 3 rings (SSSR count). The Morgan fingerprint density at radius 3 is 2.70 bits per heavy atom. The maximum absolute atomic E-state index is 5.16. The third-order valence-electron chi connectivity index (χ3n) is 3.03. The zero-order chi connectivity index (χ0) is 13.9. The molecule has 0 saturated carbocycles. The van der Waals surface area contributed by atoms with Gasteiger partial charge >= 0.3 is 0 Å². The van der Waals surface area contributed by atoms with Gasteiger partial charge in [0.25, 0.3) is 0 Å². The Morgan fingerprint density at radius 2 is 1.95 bits per heavy atom. The molecule has 2 aromatic heterocycles. The monoisotopic (exact) mass is 285 g/mol. The topological polar surface area (TPSA) is 47.0 Å². The summed E-state index contributed by atoms with van der Waals surface area (Å²) < 4.78 is 6.26. The van der Waals surface area contributed by atoms with Crippen molar-refractivity contribution < 1.29 is 4.74 Å². The lowest BCUT2D eigenvalue weighted by Gasteiger charge is -2.08. The van der Waals surface area contributed by atoms with E-state index in [1.165, 1.54) is 5.56 Å². The molecule has 0 atom stereocenters. The van der Waals surface area contributed by atoms with E-state index < -0.39 is 0 Å². The third-order valence-corrected chi connectivity index (χ3v) is 3.94. The highest BCUT2D eigenvalue weighted by Gasteiger charge is 2.06. The van der Waals surface area contributed by atoms with Gasteiger partial charge in [-0.25, -0.2) is 9.97 Å². The molecule has 5 heteroatoms. The maximum atomic E-state index is 5.16. The highest BCUT2D eigenvalue weighted by Crippen LogP contribution is 2.26. The fraction of sp³-hybridized carbons (Fsp3) is 0.200. The molecule has 4 nitrogen and oxygen atoms in total. The first-order valence-electron chi connectivity index (χ1n) is 6.35. The van der Waals surface area contributed by atoms with Crippen molar-refractivity contribution in [1.82, 2.24) is 9.97 Å². The maximum Gasteiger partial charge on any atom is 0.148 e. The van der Waals surface area contributed by atoms with Crippen LogP contribution in [-0.4, -0.2) is 17.1 Å². The highest BCUT2D eigenvalue weighted by atomic mass is 32.1. The Hall–Kier alpha value is -2.14. The molecule has 3 aromatic rings. The molecule has 0 bridgehead atoms. The summed E-state index contributed by atoms with van der Waals surface area (Å²) in [5, 5.41) is 5.43. The van der Waals surface area contributed by atoms with Crippen molar-refractivity contribution in [1.29, 1.82) is 0 Å². The molecular formula is C15H15N3OS. The lowest BCUT2D eigenvalue weighted by molar-refractivity contribution is 0.414. The van der Waals surface area contributed by atoms with Gasteiger partial charge in [-0.05, 0) is 36.1 Å². The molecule has 0 spiro atoms. The van der Waals surface area contributed by atoms with Crippen LogP contribution in [0.15, 0.2) is 35.7 Å². The number of anilines is 1. The molecule has 0 aliphatic carbocycles. The number of aryl methyl sites for hydroxylation is 1. The van der Waals surface area contributed by atoms with Crippen molar-refractivity contribution >= 4 is 27.4 Å². The molecule has 0 aliphatic heterocycles. The molecule has 0 aliphatic rings. The summed E-state index contributed by atoms with van der Waals surface area (Å²) in [5.74, 6) is 2.55. The van der Waals surface area contributed by atoms with E-state index in [2.05, 4.69) is 15.3 Å². The first-order valence-corrected chi connectivity index (χ1v) is 7.23. The molecule has 0 fully saturated rings. The number of hydrogen-bond acceptors (Lipinski definition) is 5. The normalized spacial score (nSPS) is 10.7. The van der Waals surface area contributed by atoms with E-state index in [1.54, 1.807) is 18.4 Å². The molecule has 2 heterocycles. The second kappa shape index (κ2) is 5.46. The van der Waals surface area contributed by atoms with Gasteiger partial charge in [0.2, 0.25) is 0 Å². The number of hydrogen-bond donors (Lipinski definition) is 1. The van der Waals surface area contributed by atoms with E-state index in [4.69, 9.17) is 4.74 Å². The molecule has 20 heavy (non-hydrogen) atoms. The average molecular weight is 285 g/mol. The Kier molecular flexibility index (Phi) is 3.52. The van der Waals surface area contributed by atoms with Crippen LogP contribution in [0, 0.1) is 6.92 Å². The van der Waals surface area contributed by atoms with Crippen LogP contribution in [0.25, 0.3) is 10.2 Å². The third kappa shape index (κ3) is 2.58. The van der Waals surface area contributed by atoms with Gasteiger partial charge in [0.05, 0.1) is 17.3 Å². The smallest absolute Gasteiger partial charge is 0.148 e. The van der Waals surface area contributed by atoms with Gasteiger partial charge < -0.3 is 10.1 Å².